The normalized spacial score (nSPS) is 12.7. The molecule has 4 heteroatoms. The van der Waals surface area contributed by atoms with Gasteiger partial charge in [-0.15, -0.1) is 0 Å². The van der Waals surface area contributed by atoms with Gasteiger partial charge in [0.1, 0.15) is 5.82 Å². The first kappa shape index (κ1) is 14.5. The lowest BCUT2D eigenvalue weighted by Gasteiger charge is -2.14. The van der Waals surface area contributed by atoms with E-state index in [0.29, 0.717) is 0 Å². The Morgan fingerprint density at radius 3 is 2.62 bits per heavy atom. The molecule has 0 radical (unpaired) electrons. The lowest BCUT2D eigenvalue weighted by Crippen LogP contribution is -2.17. The number of para-hydroxylation sites is 2. The van der Waals surface area contributed by atoms with Crippen molar-refractivity contribution in [3.63, 3.8) is 0 Å². The van der Waals surface area contributed by atoms with E-state index in [1.165, 1.54) is 14.7 Å². The number of aromatic nitrogens is 2. The summed E-state index contributed by atoms with van der Waals surface area (Å²) in [5, 5.41) is 0. The topological polar surface area (TPSA) is 43.8 Å². The van der Waals surface area contributed by atoms with Gasteiger partial charge in [-0.3, -0.25) is 0 Å². The third-order valence-electron chi connectivity index (χ3n) is 3.76. The Labute approximate surface area is 138 Å². The predicted octanol–water partition coefficient (Wildman–Crippen LogP) is 3.90. The van der Waals surface area contributed by atoms with E-state index in [4.69, 9.17) is 10.7 Å². The summed E-state index contributed by atoms with van der Waals surface area (Å²) in [4.78, 5) is 4.76. The van der Waals surface area contributed by atoms with E-state index in [1.54, 1.807) is 0 Å². The zero-order chi connectivity index (χ0) is 14.8. The summed E-state index contributed by atoms with van der Waals surface area (Å²) in [6.45, 7) is 3.06. The molecule has 1 unspecified atom stereocenters. The summed E-state index contributed by atoms with van der Waals surface area (Å²) < 4.78 is 3.46. The van der Waals surface area contributed by atoms with Crippen LogP contribution in [0.25, 0.3) is 11.0 Å². The van der Waals surface area contributed by atoms with Crippen molar-refractivity contribution in [2.45, 2.75) is 25.9 Å². The SMILES string of the molecule is CCn1c(CC(N)c2ccccc2I)nc2ccccc21. The maximum absolute atomic E-state index is 6.42. The van der Waals surface area contributed by atoms with Crippen LogP contribution in [0.4, 0.5) is 0 Å². The highest BCUT2D eigenvalue weighted by Crippen LogP contribution is 2.23. The fraction of sp³-hybridized carbons (Fsp3) is 0.235. The van der Waals surface area contributed by atoms with Crippen molar-refractivity contribution in [3.8, 4) is 0 Å². The maximum atomic E-state index is 6.42. The molecule has 0 aliphatic carbocycles. The Kier molecular flexibility index (Phi) is 4.26. The van der Waals surface area contributed by atoms with Gasteiger partial charge < -0.3 is 10.3 Å². The van der Waals surface area contributed by atoms with Gasteiger partial charge in [-0.25, -0.2) is 4.98 Å². The molecule has 2 aromatic carbocycles. The van der Waals surface area contributed by atoms with Crippen LogP contribution in [-0.4, -0.2) is 9.55 Å². The number of imidazole rings is 1. The molecule has 0 bridgehead atoms. The summed E-state index contributed by atoms with van der Waals surface area (Å²) in [5.41, 5.74) is 9.83. The second kappa shape index (κ2) is 6.15. The van der Waals surface area contributed by atoms with Gasteiger partial charge in [-0.1, -0.05) is 30.3 Å². The molecule has 3 nitrogen and oxygen atoms in total. The Hall–Kier alpha value is -1.40. The van der Waals surface area contributed by atoms with Gasteiger partial charge in [0.25, 0.3) is 0 Å². The Morgan fingerprint density at radius 2 is 1.86 bits per heavy atom. The van der Waals surface area contributed by atoms with E-state index >= 15 is 0 Å². The number of fused-ring (bicyclic) bond motifs is 1. The fourth-order valence-corrected chi connectivity index (χ4v) is 3.50. The molecule has 0 spiro atoms. The third kappa shape index (κ3) is 2.82. The van der Waals surface area contributed by atoms with Crippen molar-refractivity contribution in [3.05, 3.63) is 63.5 Å². The molecule has 3 aromatic rings. The summed E-state index contributed by atoms with van der Waals surface area (Å²) >= 11 is 2.34. The zero-order valence-electron chi connectivity index (χ0n) is 12.0. The van der Waals surface area contributed by atoms with Gasteiger partial charge in [0.15, 0.2) is 0 Å². The zero-order valence-corrected chi connectivity index (χ0v) is 14.1. The van der Waals surface area contributed by atoms with Gasteiger partial charge >= 0.3 is 0 Å². The summed E-state index contributed by atoms with van der Waals surface area (Å²) in [6.07, 6.45) is 0.753. The minimum Gasteiger partial charge on any atom is -0.328 e. The van der Waals surface area contributed by atoms with Gasteiger partial charge in [-0.05, 0) is 53.3 Å². The summed E-state index contributed by atoms with van der Waals surface area (Å²) in [6, 6.07) is 16.5. The number of halogens is 1. The van der Waals surface area contributed by atoms with Crippen LogP contribution in [0.15, 0.2) is 48.5 Å². The summed E-state index contributed by atoms with van der Waals surface area (Å²) in [5.74, 6) is 1.06. The van der Waals surface area contributed by atoms with Crippen LogP contribution in [-0.2, 0) is 13.0 Å². The van der Waals surface area contributed by atoms with Crippen molar-refractivity contribution >= 4 is 33.6 Å². The van der Waals surface area contributed by atoms with Crippen LogP contribution >= 0.6 is 22.6 Å². The lowest BCUT2D eigenvalue weighted by atomic mass is 10.0. The molecule has 0 fully saturated rings. The van der Waals surface area contributed by atoms with E-state index in [-0.39, 0.29) is 6.04 Å². The first-order chi connectivity index (χ1) is 10.2. The van der Waals surface area contributed by atoms with E-state index < -0.39 is 0 Å². The number of hydrogen-bond acceptors (Lipinski definition) is 2. The number of nitrogens with two attached hydrogens (primary N) is 1. The molecule has 108 valence electrons. The molecule has 1 heterocycles. The Morgan fingerprint density at radius 1 is 1.14 bits per heavy atom. The lowest BCUT2D eigenvalue weighted by molar-refractivity contribution is 0.635. The number of nitrogens with zero attached hydrogens (tertiary/aromatic N) is 2. The number of rotatable bonds is 4. The average molecular weight is 391 g/mol. The minimum atomic E-state index is -0.0276. The molecule has 1 aromatic heterocycles. The number of benzene rings is 2. The summed E-state index contributed by atoms with van der Waals surface area (Å²) in [7, 11) is 0. The van der Waals surface area contributed by atoms with Crippen molar-refractivity contribution in [1.29, 1.82) is 0 Å². The molecule has 0 amide bonds. The van der Waals surface area contributed by atoms with Crippen molar-refractivity contribution in [2.75, 3.05) is 0 Å². The molecule has 0 aliphatic heterocycles. The molecule has 3 rings (SSSR count). The van der Waals surface area contributed by atoms with Crippen molar-refractivity contribution in [2.24, 2.45) is 5.73 Å². The largest absolute Gasteiger partial charge is 0.328 e. The van der Waals surface area contributed by atoms with Crippen LogP contribution in [0.1, 0.15) is 24.4 Å². The van der Waals surface area contributed by atoms with Gasteiger partial charge in [0, 0.05) is 22.6 Å². The second-order valence-corrected chi connectivity index (χ2v) is 6.26. The number of aryl methyl sites for hydroxylation is 1. The van der Waals surface area contributed by atoms with Crippen molar-refractivity contribution < 1.29 is 0 Å². The number of hydrogen-bond donors (Lipinski definition) is 1. The quantitative estimate of drug-likeness (QED) is 0.686. The Balaban J connectivity index is 1.96. The predicted molar refractivity (Wildman–Crippen MR) is 95.2 cm³/mol. The first-order valence-electron chi connectivity index (χ1n) is 7.15. The van der Waals surface area contributed by atoms with Gasteiger partial charge in [-0.2, -0.15) is 0 Å². The smallest absolute Gasteiger partial charge is 0.111 e. The van der Waals surface area contributed by atoms with Crippen LogP contribution in [0.3, 0.4) is 0 Å². The van der Waals surface area contributed by atoms with Crippen LogP contribution < -0.4 is 5.73 Å². The van der Waals surface area contributed by atoms with E-state index in [1.807, 2.05) is 18.2 Å². The first-order valence-corrected chi connectivity index (χ1v) is 8.22. The van der Waals surface area contributed by atoms with Gasteiger partial charge in [0.2, 0.25) is 0 Å². The molecule has 21 heavy (non-hydrogen) atoms. The molecule has 0 saturated heterocycles. The van der Waals surface area contributed by atoms with Crippen LogP contribution in [0.2, 0.25) is 0 Å². The molecule has 0 aliphatic rings. The molecular formula is C17H18IN3. The highest BCUT2D eigenvalue weighted by Gasteiger charge is 2.15. The monoisotopic (exact) mass is 391 g/mol. The fourth-order valence-electron chi connectivity index (χ4n) is 2.72. The molecule has 0 saturated carbocycles. The third-order valence-corrected chi connectivity index (χ3v) is 4.74. The average Bonchev–Trinajstić information content (AvgIpc) is 2.84. The standard InChI is InChI=1S/C17H18IN3/c1-2-21-16-10-6-5-9-15(16)20-17(21)11-14(19)12-7-3-4-8-13(12)18/h3-10,14H,2,11,19H2,1H3. The minimum absolute atomic E-state index is 0.0276. The highest BCUT2D eigenvalue weighted by atomic mass is 127. The maximum Gasteiger partial charge on any atom is 0.111 e. The van der Waals surface area contributed by atoms with Crippen LogP contribution in [0, 0.1) is 3.57 Å². The highest BCUT2D eigenvalue weighted by molar-refractivity contribution is 14.1. The van der Waals surface area contributed by atoms with E-state index in [9.17, 15) is 0 Å². The van der Waals surface area contributed by atoms with Gasteiger partial charge in [0.05, 0.1) is 11.0 Å². The second-order valence-electron chi connectivity index (χ2n) is 5.09. The molecule has 1 atom stereocenters. The Bertz CT molecular complexity index is 764. The van der Waals surface area contributed by atoms with E-state index in [0.717, 1.165) is 24.3 Å². The van der Waals surface area contributed by atoms with Crippen LogP contribution in [0.5, 0.6) is 0 Å². The van der Waals surface area contributed by atoms with Crippen molar-refractivity contribution in [1.82, 2.24) is 9.55 Å². The molecular weight excluding hydrogens is 373 g/mol. The molecule has 2 N–H and O–H groups in total. The van der Waals surface area contributed by atoms with E-state index in [2.05, 4.69) is 64.4 Å².